The first-order valence-electron chi connectivity index (χ1n) is 11.0. The average molecular weight is 577 g/mol. The number of benzene rings is 2. The number of nitrogens with two attached hydrogens (primary N) is 1. The Morgan fingerprint density at radius 2 is 1.91 bits per heavy atom. The second-order valence-electron chi connectivity index (χ2n) is 8.52. The topological polar surface area (TPSA) is 61.5 Å². The molecule has 0 saturated carbocycles. The fourth-order valence-corrected chi connectivity index (χ4v) is 10.7. The van der Waals surface area contributed by atoms with E-state index in [0.29, 0.717) is 17.0 Å². The zero-order valence-corrected chi connectivity index (χ0v) is 21.1. The van der Waals surface area contributed by atoms with Crippen LogP contribution in [0.5, 0.6) is 5.75 Å². The molecule has 2 unspecified atom stereocenters. The van der Waals surface area contributed by atoms with E-state index in [1.165, 1.54) is 13.2 Å². The van der Waals surface area contributed by atoms with E-state index in [1.807, 2.05) is 30.3 Å². The summed E-state index contributed by atoms with van der Waals surface area (Å²) in [4.78, 5) is 12.9. The summed E-state index contributed by atoms with van der Waals surface area (Å²) in [6.07, 6.45) is -1.29. The number of esters is 1. The molecular weight excluding hydrogens is 546 g/mol. The van der Waals surface area contributed by atoms with Crippen LogP contribution in [0, 0.1) is 5.41 Å². The standard InChI is InChI=1S/C25H31F3INO3/c1-18-8-9-24(23(31)32-2,17-19-6-4-3-5-7-19)10-11-29(18)12-13-33-22-15-20(25(26,27)28)14-21(30)16-22/h3-7,14-16,18H,8-13,17,30H2,1-2H3. The first-order chi connectivity index (χ1) is 15.6. The summed E-state index contributed by atoms with van der Waals surface area (Å²) in [5.41, 5.74) is 5.47. The van der Waals surface area contributed by atoms with E-state index in [4.69, 9.17) is 15.2 Å². The predicted octanol–water partition coefficient (Wildman–Crippen LogP) is 6.15. The number of hydrogen-bond acceptors (Lipinski definition) is 4. The number of methoxy groups -OCH3 is 1. The molecule has 1 aliphatic rings. The molecule has 1 heterocycles. The molecule has 2 N–H and O–H groups in total. The van der Waals surface area contributed by atoms with E-state index in [9.17, 15) is 18.0 Å². The molecule has 182 valence electrons. The van der Waals surface area contributed by atoms with Crippen molar-refractivity contribution in [3.8, 4) is 5.75 Å². The Balaban J connectivity index is 1.65. The monoisotopic (exact) mass is 577 g/mol. The van der Waals surface area contributed by atoms with Gasteiger partial charge in [-0.3, -0.25) is 0 Å². The molecule has 0 bridgehead atoms. The van der Waals surface area contributed by atoms with Crippen LogP contribution in [0.3, 0.4) is 0 Å². The van der Waals surface area contributed by atoms with Crippen molar-refractivity contribution in [2.45, 2.75) is 42.7 Å². The van der Waals surface area contributed by atoms with E-state index in [2.05, 4.69) is 6.92 Å². The van der Waals surface area contributed by atoms with Gasteiger partial charge in [-0.05, 0) is 0 Å². The van der Waals surface area contributed by atoms with Crippen LogP contribution >= 0.6 is 19.8 Å². The van der Waals surface area contributed by atoms with Gasteiger partial charge in [0.2, 0.25) is 0 Å². The first kappa shape index (κ1) is 25.6. The van der Waals surface area contributed by atoms with Crippen LogP contribution in [-0.2, 0) is 22.1 Å². The fraction of sp³-hybridized carbons (Fsp3) is 0.480. The van der Waals surface area contributed by atoms with E-state index >= 15 is 0 Å². The van der Waals surface area contributed by atoms with Gasteiger partial charge in [-0.15, -0.1) is 0 Å². The minimum atomic E-state index is -4.46. The van der Waals surface area contributed by atoms with Gasteiger partial charge in [-0.1, -0.05) is 0 Å². The third kappa shape index (κ3) is 6.77. The summed E-state index contributed by atoms with van der Waals surface area (Å²) < 4.78 is 52.4. The molecule has 2 atom stereocenters. The summed E-state index contributed by atoms with van der Waals surface area (Å²) in [7, 11) is 1.45. The SMILES string of the molecule is COC(=O)C1(Cc2ccccc2)CCC(C)I(CCOc2cc(N)cc(C(F)(F)F)c2)CC1. The van der Waals surface area contributed by atoms with Crippen molar-refractivity contribution in [2.24, 2.45) is 5.41 Å². The molecule has 2 aromatic rings. The molecule has 8 heteroatoms. The van der Waals surface area contributed by atoms with Crippen molar-refractivity contribution in [3.63, 3.8) is 0 Å². The molecule has 0 amide bonds. The maximum absolute atomic E-state index is 13.0. The number of carbonyl (C=O) groups is 1. The Morgan fingerprint density at radius 3 is 2.58 bits per heavy atom. The Labute approximate surface area is 200 Å². The van der Waals surface area contributed by atoms with Crippen LogP contribution in [0.4, 0.5) is 18.9 Å². The van der Waals surface area contributed by atoms with Crippen LogP contribution in [-0.4, -0.2) is 32.5 Å². The van der Waals surface area contributed by atoms with E-state index in [-0.39, 0.29) is 17.4 Å². The number of nitrogen functional groups attached to an aromatic ring is 1. The predicted molar refractivity (Wildman–Crippen MR) is 133 cm³/mol. The van der Waals surface area contributed by atoms with Crippen molar-refractivity contribution in [1.82, 2.24) is 0 Å². The number of carbonyl (C=O) groups excluding carboxylic acids is 1. The van der Waals surface area contributed by atoms with Crippen LogP contribution in [0.15, 0.2) is 48.5 Å². The number of hydrogen-bond donors (Lipinski definition) is 1. The van der Waals surface area contributed by atoms with Gasteiger partial charge in [-0.25, -0.2) is 0 Å². The van der Waals surface area contributed by atoms with E-state index in [1.54, 1.807) is 0 Å². The average Bonchev–Trinajstić information content (AvgIpc) is 2.93. The second-order valence-corrected chi connectivity index (χ2v) is 15.6. The second kappa shape index (κ2) is 11.0. The van der Waals surface area contributed by atoms with Crippen molar-refractivity contribution >= 4 is 31.5 Å². The number of ether oxygens (including phenoxy) is 2. The van der Waals surface area contributed by atoms with E-state index < -0.39 is 37.0 Å². The zero-order chi connectivity index (χ0) is 24.1. The summed E-state index contributed by atoms with van der Waals surface area (Å²) in [6.45, 7) is 2.60. The Hall–Kier alpha value is -1.97. The molecule has 0 aromatic heterocycles. The number of rotatable bonds is 7. The van der Waals surface area contributed by atoms with Gasteiger partial charge in [0.1, 0.15) is 0 Å². The van der Waals surface area contributed by atoms with Gasteiger partial charge in [0.25, 0.3) is 0 Å². The van der Waals surface area contributed by atoms with E-state index in [0.717, 1.165) is 45.8 Å². The Bertz CT molecular complexity index is 938. The van der Waals surface area contributed by atoms with Crippen molar-refractivity contribution in [2.75, 3.05) is 28.3 Å². The molecule has 0 spiro atoms. The molecule has 1 fully saturated rings. The molecule has 4 nitrogen and oxygen atoms in total. The van der Waals surface area contributed by atoms with Crippen LogP contribution in [0.2, 0.25) is 0 Å². The third-order valence-electron chi connectivity index (χ3n) is 6.21. The van der Waals surface area contributed by atoms with Gasteiger partial charge in [-0.2, -0.15) is 0 Å². The van der Waals surface area contributed by atoms with Gasteiger partial charge in [0.15, 0.2) is 0 Å². The number of anilines is 1. The molecular formula is C25H31F3INO3. The number of halogens is 4. The molecule has 33 heavy (non-hydrogen) atoms. The zero-order valence-electron chi connectivity index (χ0n) is 19.0. The van der Waals surface area contributed by atoms with Gasteiger partial charge >= 0.3 is 201 Å². The van der Waals surface area contributed by atoms with Crippen molar-refractivity contribution < 1.29 is 27.4 Å². The van der Waals surface area contributed by atoms with Crippen molar-refractivity contribution in [3.05, 3.63) is 59.7 Å². The Morgan fingerprint density at radius 1 is 1.18 bits per heavy atom. The summed E-state index contributed by atoms with van der Waals surface area (Å²) >= 11 is -1.50. The van der Waals surface area contributed by atoms with Crippen LogP contribution in [0.1, 0.15) is 37.3 Å². The fourth-order valence-electron chi connectivity index (χ4n) is 4.30. The molecule has 3 rings (SSSR count). The molecule has 2 aromatic carbocycles. The van der Waals surface area contributed by atoms with Crippen LogP contribution < -0.4 is 10.5 Å². The molecule has 0 radical (unpaired) electrons. The molecule has 1 aliphatic heterocycles. The minimum absolute atomic E-state index is 0.0326. The van der Waals surface area contributed by atoms with Gasteiger partial charge in [0.05, 0.1) is 0 Å². The first-order valence-corrected chi connectivity index (χ1v) is 15.3. The van der Waals surface area contributed by atoms with Gasteiger partial charge < -0.3 is 0 Å². The molecule has 0 aliphatic carbocycles. The summed E-state index contributed by atoms with van der Waals surface area (Å²) in [5.74, 6) is 0.000577. The number of alkyl halides is 6. The normalized spacial score (nSPS) is 22.5. The summed E-state index contributed by atoms with van der Waals surface area (Å²) in [6, 6.07) is 13.4. The van der Waals surface area contributed by atoms with Crippen LogP contribution in [0.25, 0.3) is 0 Å². The quantitative estimate of drug-likeness (QED) is 0.186. The third-order valence-corrected chi connectivity index (χ3v) is 13.6. The van der Waals surface area contributed by atoms with Crippen molar-refractivity contribution in [1.29, 1.82) is 0 Å². The maximum atomic E-state index is 13.0. The Kier molecular flexibility index (Phi) is 8.53. The summed E-state index contributed by atoms with van der Waals surface area (Å²) in [5, 5.41) is 0. The molecule has 1 saturated heterocycles. The van der Waals surface area contributed by atoms with Gasteiger partial charge in [0, 0.05) is 0 Å².